The zero-order chi connectivity index (χ0) is 18.9. The normalized spacial score (nSPS) is 29.5. The average Bonchev–Trinajstić information content (AvgIpc) is 3.13. The van der Waals surface area contributed by atoms with Crippen LogP contribution in [0.3, 0.4) is 0 Å². The van der Waals surface area contributed by atoms with Gasteiger partial charge in [-0.2, -0.15) is 18.3 Å². The summed E-state index contributed by atoms with van der Waals surface area (Å²) in [4.78, 5) is 3.43. The number of hydrogen-bond donors (Lipinski definition) is 3. The lowest BCUT2D eigenvalue weighted by Crippen LogP contribution is -2.56. The standard InChI is InChI=1S/C16H18F3N3O4/c1-2-9-12(23)13(24)15(14(25-9)8-6-7-20-22-8)26-11-5-3-4-10(21-11)16(17,18)19/h3-7,9,12-15,23-24H,2H2,1H3,(H,20,22)/t9-,12+,13+,14-,15-/m1/s1. The first kappa shape index (κ1) is 18.6. The highest BCUT2D eigenvalue weighted by molar-refractivity contribution is 5.19. The van der Waals surface area contributed by atoms with Crippen LogP contribution in [0, 0.1) is 0 Å². The first-order valence-corrected chi connectivity index (χ1v) is 8.03. The Labute approximate surface area is 146 Å². The van der Waals surface area contributed by atoms with E-state index in [1.807, 2.05) is 0 Å². The van der Waals surface area contributed by atoms with E-state index in [0.29, 0.717) is 12.1 Å². The minimum absolute atomic E-state index is 0.334. The van der Waals surface area contributed by atoms with Gasteiger partial charge in [-0.1, -0.05) is 13.0 Å². The number of nitrogens with one attached hydrogen (secondary N) is 1. The minimum Gasteiger partial charge on any atom is -0.468 e. The van der Waals surface area contributed by atoms with Crippen LogP contribution < -0.4 is 4.74 Å². The largest absolute Gasteiger partial charge is 0.468 e. The van der Waals surface area contributed by atoms with Gasteiger partial charge in [-0.15, -0.1) is 0 Å². The number of pyridine rings is 1. The van der Waals surface area contributed by atoms with Gasteiger partial charge in [-0.05, 0) is 18.6 Å². The molecule has 7 nitrogen and oxygen atoms in total. The Morgan fingerprint density at radius 2 is 2.00 bits per heavy atom. The van der Waals surface area contributed by atoms with Crippen molar-refractivity contribution in [1.82, 2.24) is 15.2 Å². The molecule has 0 aliphatic carbocycles. The zero-order valence-corrected chi connectivity index (χ0v) is 13.7. The van der Waals surface area contributed by atoms with Crippen LogP contribution >= 0.6 is 0 Å². The van der Waals surface area contributed by atoms with Gasteiger partial charge in [0.15, 0.2) is 6.10 Å². The number of nitrogens with zero attached hydrogens (tertiary/aromatic N) is 2. The SMILES string of the molecule is CC[C@H]1O[C@H](c2ccn[nH]2)[C@H](Oc2cccc(C(F)(F)F)n2)[C@@H](O)[C@H]1O. The third kappa shape index (κ3) is 3.67. The summed E-state index contributed by atoms with van der Waals surface area (Å²) in [5.74, 6) is -0.334. The molecule has 0 bridgehead atoms. The van der Waals surface area contributed by atoms with Crippen LogP contribution in [-0.2, 0) is 10.9 Å². The molecule has 142 valence electrons. The molecule has 10 heteroatoms. The predicted octanol–water partition coefficient (Wildman–Crippen LogP) is 1.84. The van der Waals surface area contributed by atoms with Gasteiger partial charge in [0.05, 0.1) is 11.8 Å². The first-order chi connectivity index (χ1) is 12.3. The number of aliphatic hydroxyl groups is 2. The van der Waals surface area contributed by atoms with Crippen LogP contribution in [0.1, 0.15) is 30.8 Å². The quantitative estimate of drug-likeness (QED) is 0.756. The number of alkyl halides is 3. The van der Waals surface area contributed by atoms with Crippen LogP contribution in [0.15, 0.2) is 30.5 Å². The zero-order valence-electron chi connectivity index (χ0n) is 13.7. The lowest BCUT2D eigenvalue weighted by molar-refractivity contribution is -0.219. The third-order valence-electron chi connectivity index (χ3n) is 4.19. The number of rotatable bonds is 4. The second-order valence-corrected chi connectivity index (χ2v) is 5.94. The Balaban J connectivity index is 1.90. The van der Waals surface area contributed by atoms with Gasteiger partial charge in [0, 0.05) is 12.3 Å². The number of halogens is 3. The molecular weight excluding hydrogens is 355 g/mol. The summed E-state index contributed by atoms with van der Waals surface area (Å²) >= 11 is 0. The highest BCUT2D eigenvalue weighted by Crippen LogP contribution is 2.35. The van der Waals surface area contributed by atoms with E-state index in [1.165, 1.54) is 12.3 Å². The fourth-order valence-corrected chi connectivity index (χ4v) is 2.86. The second kappa shape index (κ2) is 7.22. The van der Waals surface area contributed by atoms with Gasteiger partial charge >= 0.3 is 6.18 Å². The van der Waals surface area contributed by atoms with E-state index in [2.05, 4.69) is 15.2 Å². The molecule has 0 amide bonds. The van der Waals surface area contributed by atoms with E-state index < -0.39 is 42.4 Å². The van der Waals surface area contributed by atoms with E-state index >= 15 is 0 Å². The van der Waals surface area contributed by atoms with Gasteiger partial charge in [0.25, 0.3) is 0 Å². The maximum Gasteiger partial charge on any atom is 0.433 e. The van der Waals surface area contributed by atoms with Crippen molar-refractivity contribution in [3.05, 3.63) is 41.9 Å². The van der Waals surface area contributed by atoms with Crippen LogP contribution in [0.4, 0.5) is 13.2 Å². The van der Waals surface area contributed by atoms with Crippen LogP contribution in [0.25, 0.3) is 0 Å². The van der Waals surface area contributed by atoms with Crippen molar-refractivity contribution in [2.24, 2.45) is 0 Å². The van der Waals surface area contributed by atoms with Crippen molar-refractivity contribution in [3.63, 3.8) is 0 Å². The minimum atomic E-state index is -4.63. The molecule has 0 unspecified atom stereocenters. The summed E-state index contributed by atoms with van der Waals surface area (Å²) in [5.41, 5.74) is -0.655. The molecule has 1 fully saturated rings. The molecular formula is C16H18F3N3O4. The highest BCUT2D eigenvalue weighted by Gasteiger charge is 2.46. The van der Waals surface area contributed by atoms with E-state index in [4.69, 9.17) is 9.47 Å². The van der Waals surface area contributed by atoms with Crippen molar-refractivity contribution in [2.45, 2.75) is 50.0 Å². The Hall–Kier alpha value is -2.17. The topological polar surface area (TPSA) is 100 Å². The third-order valence-corrected chi connectivity index (χ3v) is 4.19. The second-order valence-electron chi connectivity index (χ2n) is 5.94. The van der Waals surface area contributed by atoms with Gasteiger partial charge < -0.3 is 19.7 Å². The van der Waals surface area contributed by atoms with Crippen molar-refractivity contribution in [2.75, 3.05) is 0 Å². The first-order valence-electron chi connectivity index (χ1n) is 8.03. The number of aliphatic hydroxyl groups excluding tert-OH is 2. The number of aromatic amines is 1. The molecule has 3 heterocycles. The average molecular weight is 373 g/mol. The number of H-pyrrole nitrogens is 1. The molecule has 0 aromatic carbocycles. The molecule has 2 aromatic rings. The molecule has 0 saturated carbocycles. The molecule has 3 rings (SSSR count). The lowest BCUT2D eigenvalue weighted by Gasteiger charge is -2.41. The predicted molar refractivity (Wildman–Crippen MR) is 82.2 cm³/mol. The molecule has 1 aliphatic rings. The summed E-state index contributed by atoms with van der Waals surface area (Å²) < 4.78 is 49.8. The maximum absolute atomic E-state index is 12.8. The van der Waals surface area contributed by atoms with E-state index in [0.717, 1.165) is 12.1 Å². The van der Waals surface area contributed by atoms with E-state index in [1.54, 1.807) is 13.0 Å². The fourth-order valence-electron chi connectivity index (χ4n) is 2.86. The summed E-state index contributed by atoms with van der Waals surface area (Å²) in [6.45, 7) is 1.78. The molecule has 26 heavy (non-hydrogen) atoms. The monoisotopic (exact) mass is 373 g/mol. The smallest absolute Gasteiger partial charge is 0.433 e. The van der Waals surface area contributed by atoms with Crippen LogP contribution in [-0.4, -0.2) is 49.8 Å². The summed E-state index contributed by atoms with van der Waals surface area (Å²) in [6, 6.07) is 4.80. The molecule has 0 spiro atoms. The molecule has 5 atom stereocenters. The molecule has 2 aromatic heterocycles. The number of ether oxygens (including phenoxy) is 2. The Morgan fingerprint density at radius 1 is 1.23 bits per heavy atom. The molecule has 3 N–H and O–H groups in total. The molecule has 1 aliphatic heterocycles. The summed E-state index contributed by atoms with van der Waals surface area (Å²) in [5, 5.41) is 27.2. The van der Waals surface area contributed by atoms with Crippen molar-refractivity contribution in [3.8, 4) is 5.88 Å². The van der Waals surface area contributed by atoms with E-state index in [9.17, 15) is 23.4 Å². The van der Waals surface area contributed by atoms with Crippen LogP contribution in [0.2, 0.25) is 0 Å². The summed E-state index contributed by atoms with van der Waals surface area (Å²) in [6.07, 6.45) is -8.08. The molecule has 0 radical (unpaired) electrons. The van der Waals surface area contributed by atoms with Crippen molar-refractivity contribution in [1.29, 1.82) is 0 Å². The Bertz CT molecular complexity index is 726. The van der Waals surface area contributed by atoms with Crippen LogP contribution in [0.5, 0.6) is 5.88 Å². The van der Waals surface area contributed by atoms with Gasteiger partial charge in [0.1, 0.15) is 24.0 Å². The highest BCUT2D eigenvalue weighted by atomic mass is 19.4. The number of hydrogen-bond acceptors (Lipinski definition) is 6. The summed E-state index contributed by atoms with van der Waals surface area (Å²) in [7, 11) is 0. The van der Waals surface area contributed by atoms with Gasteiger partial charge in [0.2, 0.25) is 5.88 Å². The maximum atomic E-state index is 12.8. The van der Waals surface area contributed by atoms with Gasteiger partial charge in [-0.25, -0.2) is 4.98 Å². The Morgan fingerprint density at radius 3 is 2.62 bits per heavy atom. The number of aromatic nitrogens is 3. The van der Waals surface area contributed by atoms with E-state index in [-0.39, 0.29) is 5.88 Å². The molecule has 1 saturated heterocycles. The Kier molecular flexibility index (Phi) is 5.17. The van der Waals surface area contributed by atoms with Crippen molar-refractivity contribution >= 4 is 0 Å². The lowest BCUT2D eigenvalue weighted by atomic mass is 9.92. The van der Waals surface area contributed by atoms with Gasteiger partial charge in [-0.3, -0.25) is 5.10 Å². The van der Waals surface area contributed by atoms with Crippen molar-refractivity contribution < 1.29 is 32.9 Å². The fraction of sp³-hybridized carbons (Fsp3) is 0.500.